The van der Waals surface area contributed by atoms with Gasteiger partial charge >= 0.3 is 6.36 Å². The Morgan fingerprint density at radius 1 is 1.30 bits per heavy atom. The van der Waals surface area contributed by atoms with Gasteiger partial charge in [0, 0.05) is 18.2 Å². The number of rotatable bonds is 5. The molecule has 20 heavy (non-hydrogen) atoms. The Labute approximate surface area is 115 Å². The van der Waals surface area contributed by atoms with E-state index in [4.69, 9.17) is 5.73 Å². The van der Waals surface area contributed by atoms with Crippen LogP contribution in [0.25, 0.3) is 0 Å². The van der Waals surface area contributed by atoms with Crippen LogP contribution in [0.3, 0.4) is 0 Å². The van der Waals surface area contributed by atoms with Crippen LogP contribution < -0.4 is 15.8 Å². The lowest BCUT2D eigenvalue weighted by molar-refractivity contribution is -0.274. The Bertz CT molecular complexity index is 444. The maximum atomic E-state index is 12.0. The summed E-state index contributed by atoms with van der Waals surface area (Å²) >= 11 is 0. The van der Waals surface area contributed by atoms with Crippen LogP contribution in [0.5, 0.6) is 5.75 Å². The van der Waals surface area contributed by atoms with Crippen LogP contribution in [0, 0.1) is 5.92 Å². The molecule has 0 aliphatic rings. The summed E-state index contributed by atoms with van der Waals surface area (Å²) in [5.41, 5.74) is 5.78. The lowest BCUT2D eigenvalue weighted by atomic mass is 10.0. The molecule has 0 aliphatic carbocycles. The Hall–Kier alpha value is -1.76. The molecule has 0 saturated carbocycles. The average molecular weight is 290 g/mol. The molecule has 3 N–H and O–H groups in total. The molecule has 0 fully saturated rings. The van der Waals surface area contributed by atoms with Gasteiger partial charge in [-0.25, -0.2) is 0 Å². The normalized spacial score (nSPS) is 13.2. The first-order valence-electron chi connectivity index (χ1n) is 6.09. The number of amides is 1. The van der Waals surface area contributed by atoms with Gasteiger partial charge in [-0.1, -0.05) is 13.8 Å². The number of hydrogen-bond acceptors (Lipinski definition) is 3. The highest BCUT2D eigenvalue weighted by Gasteiger charge is 2.31. The van der Waals surface area contributed by atoms with E-state index in [0.717, 1.165) is 12.1 Å². The van der Waals surface area contributed by atoms with Gasteiger partial charge in [0.05, 0.1) is 0 Å². The van der Waals surface area contributed by atoms with Gasteiger partial charge in [-0.3, -0.25) is 4.79 Å². The Balaban J connectivity index is 2.71. The van der Waals surface area contributed by atoms with E-state index in [2.05, 4.69) is 10.1 Å². The largest absolute Gasteiger partial charge is 0.573 e. The van der Waals surface area contributed by atoms with Crippen LogP contribution in [0.15, 0.2) is 24.3 Å². The number of hydrogen-bond donors (Lipinski definition) is 2. The number of benzene rings is 1. The van der Waals surface area contributed by atoms with E-state index in [9.17, 15) is 18.0 Å². The number of halogens is 3. The highest BCUT2D eigenvalue weighted by Crippen LogP contribution is 2.22. The number of ether oxygens (including phenoxy) is 1. The number of carbonyl (C=O) groups is 1. The molecule has 1 amide bonds. The highest BCUT2D eigenvalue weighted by molar-refractivity contribution is 5.94. The fourth-order valence-corrected chi connectivity index (χ4v) is 1.56. The van der Waals surface area contributed by atoms with Crippen LogP contribution in [0.2, 0.25) is 0 Å². The third kappa shape index (κ3) is 5.08. The van der Waals surface area contributed by atoms with Gasteiger partial charge in [-0.15, -0.1) is 13.2 Å². The van der Waals surface area contributed by atoms with Gasteiger partial charge in [-0.2, -0.15) is 0 Å². The van der Waals surface area contributed by atoms with Crippen LogP contribution >= 0.6 is 0 Å². The van der Waals surface area contributed by atoms with Gasteiger partial charge in [0.15, 0.2) is 0 Å². The fraction of sp³-hybridized carbons (Fsp3) is 0.462. The van der Waals surface area contributed by atoms with Crippen molar-refractivity contribution in [2.75, 3.05) is 6.54 Å². The van der Waals surface area contributed by atoms with Crippen molar-refractivity contribution < 1.29 is 22.7 Å². The quantitative estimate of drug-likeness (QED) is 0.874. The summed E-state index contributed by atoms with van der Waals surface area (Å²) in [6.07, 6.45) is -4.74. The third-order valence-corrected chi connectivity index (χ3v) is 2.73. The van der Waals surface area contributed by atoms with Crippen LogP contribution in [0.4, 0.5) is 13.2 Å². The minimum absolute atomic E-state index is 0.164. The molecular weight excluding hydrogens is 273 g/mol. The van der Waals surface area contributed by atoms with Crippen molar-refractivity contribution in [3.05, 3.63) is 29.8 Å². The van der Waals surface area contributed by atoms with Gasteiger partial charge in [0.2, 0.25) is 0 Å². The number of nitrogens with one attached hydrogen (secondary N) is 1. The van der Waals surface area contributed by atoms with Gasteiger partial charge in [-0.05, 0) is 30.2 Å². The van der Waals surface area contributed by atoms with Crippen molar-refractivity contribution in [2.45, 2.75) is 26.3 Å². The molecule has 0 bridgehead atoms. The molecule has 1 atom stereocenters. The van der Waals surface area contributed by atoms with Crippen molar-refractivity contribution in [1.29, 1.82) is 0 Å². The molecule has 112 valence electrons. The van der Waals surface area contributed by atoms with Crippen LogP contribution in [-0.4, -0.2) is 24.9 Å². The number of alkyl halides is 3. The fourth-order valence-electron chi connectivity index (χ4n) is 1.56. The van der Waals surface area contributed by atoms with Gasteiger partial charge < -0.3 is 15.8 Å². The molecule has 1 unspecified atom stereocenters. The molecular formula is C13H17F3N2O2. The van der Waals surface area contributed by atoms with Crippen molar-refractivity contribution in [1.82, 2.24) is 5.32 Å². The molecule has 1 aromatic rings. The zero-order valence-electron chi connectivity index (χ0n) is 11.2. The SMILES string of the molecule is CC(C)C(CN)NC(=O)c1ccc(OC(F)(F)F)cc1. The summed E-state index contributed by atoms with van der Waals surface area (Å²) in [5.74, 6) is -0.585. The van der Waals surface area contributed by atoms with E-state index >= 15 is 0 Å². The summed E-state index contributed by atoms with van der Waals surface area (Å²) in [6, 6.07) is 4.53. The first-order valence-corrected chi connectivity index (χ1v) is 6.09. The minimum Gasteiger partial charge on any atom is -0.406 e. The van der Waals surface area contributed by atoms with Crippen molar-refractivity contribution in [3.8, 4) is 5.75 Å². The second kappa shape index (κ2) is 6.60. The Morgan fingerprint density at radius 3 is 2.25 bits per heavy atom. The Morgan fingerprint density at radius 2 is 1.85 bits per heavy atom. The molecule has 0 aliphatic heterocycles. The van der Waals surface area contributed by atoms with Gasteiger partial charge in [0.1, 0.15) is 5.75 Å². The molecule has 0 heterocycles. The maximum absolute atomic E-state index is 12.0. The standard InChI is InChI=1S/C13H17F3N2O2/c1-8(2)11(7-17)18-12(19)9-3-5-10(6-4-9)20-13(14,15)16/h3-6,8,11H,7,17H2,1-2H3,(H,18,19). The number of carbonyl (C=O) groups excluding carboxylic acids is 1. The first kappa shape index (κ1) is 16.3. The maximum Gasteiger partial charge on any atom is 0.573 e. The van der Waals surface area contributed by atoms with E-state index in [1.807, 2.05) is 13.8 Å². The topological polar surface area (TPSA) is 64.3 Å². The molecule has 0 aromatic heterocycles. The molecule has 0 radical (unpaired) electrons. The van der Waals surface area contributed by atoms with Crippen LogP contribution in [0.1, 0.15) is 24.2 Å². The molecule has 0 spiro atoms. The average Bonchev–Trinajstić information content (AvgIpc) is 2.34. The van der Waals surface area contributed by atoms with E-state index in [1.54, 1.807) is 0 Å². The van der Waals surface area contributed by atoms with Gasteiger partial charge in [0.25, 0.3) is 5.91 Å². The molecule has 7 heteroatoms. The van der Waals surface area contributed by atoms with Crippen LogP contribution in [-0.2, 0) is 0 Å². The molecule has 1 aromatic carbocycles. The van der Waals surface area contributed by atoms with Crippen molar-refractivity contribution in [2.24, 2.45) is 11.7 Å². The lowest BCUT2D eigenvalue weighted by Gasteiger charge is -2.20. The van der Waals surface area contributed by atoms with E-state index in [1.165, 1.54) is 12.1 Å². The second-order valence-corrected chi connectivity index (χ2v) is 4.63. The zero-order valence-corrected chi connectivity index (χ0v) is 11.2. The van der Waals surface area contributed by atoms with Crippen molar-refractivity contribution >= 4 is 5.91 Å². The lowest BCUT2D eigenvalue weighted by Crippen LogP contribution is -2.43. The first-order chi connectivity index (χ1) is 9.23. The predicted molar refractivity (Wildman–Crippen MR) is 68.3 cm³/mol. The van der Waals surface area contributed by atoms with Crippen molar-refractivity contribution in [3.63, 3.8) is 0 Å². The minimum atomic E-state index is -4.74. The molecule has 1 rings (SSSR count). The second-order valence-electron chi connectivity index (χ2n) is 4.63. The summed E-state index contributed by atoms with van der Waals surface area (Å²) < 4.78 is 39.7. The summed E-state index contributed by atoms with van der Waals surface area (Å²) in [7, 11) is 0. The highest BCUT2D eigenvalue weighted by atomic mass is 19.4. The van der Waals surface area contributed by atoms with E-state index in [0.29, 0.717) is 6.54 Å². The summed E-state index contributed by atoms with van der Waals surface area (Å²) in [5, 5.41) is 2.72. The predicted octanol–water partition coefficient (Wildman–Crippen LogP) is 2.30. The monoisotopic (exact) mass is 290 g/mol. The summed E-state index contributed by atoms with van der Waals surface area (Å²) in [6.45, 7) is 4.12. The Kier molecular flexibility index (Phi) is 5.38. The number of nitrogens with two attached hydrogens (primary N) is 1. The summed E-state index contributed by atoms with van der Waals surface area (Å²) in [4.78, 5) is 11.9. The zero-order chi connectivity index (χ0) is 15.3. The van der Waals surface area contributed by atoms with E-state index in [-0.39, 0.29) is 29.2 Å². The molecule has 0 saturated heterocycles. The molecule has 4 nitrogen and oxygen atoms in total. The third-order valence-electron chi connectivity index (χ3n) is 2.73. The smallest absolute Gasteiger partial charge is 0.406 e. The van der Waals surface area contributed by atoms with E-state index < -0.39 is 6.36 Å².